The van der Waals surface area contributed by atoms with Crippen molar-refractivity contribution in [2.24, 2.45) is 0 Å². The van der Waals surface area contributed by atoms with E-state index in [-0.39, 0.29) is 5.70 Å². The lowest BCUT2D eigenvalue weighted by Crippen LogP contribution is -2.21. The van der Waals surface area contributed by atoms with Gasteiger partial charge < -0.3 is 5.32 Å². The van der Waals surface area contributed by atoms with Crippen molar-refractivity contribution in [1.82, 2.24) is 5.32 Å². The van der Waals surface area contributed by atoms with E-state index in [1.54, 1.807) is 0 Å². The maximum Gasteiger partial charge on any atom is 0.165 e. The van der Waals surface area contributed by atoms with Crippen LogP contribution in [0.2, 0.25) is 0 Å². The molecule has 0 radical (unpaired) electrons. The number of hydrogen-bond donors (Lipinski definition) is 1. The highest BCUT2D eigenvalue weighted by Crippen LogP contribution is 1.99. The lowest BCUT2D eigenvalue weighted by molar-refractivity contribution is -0.105. The highest BCUT2D eigenvalue weighted by Gasteiger charge is 1.99. The van der Waals surface area contributed by atoms with Crippen LogP contribution in [-0.2, 0) is 4.79 Å². The Balaban J connectivity index is 2.70. The average Bonchev–Trinajstić information content (AvgIpc) is 2.19. The molecule has 2 nitrogen and oxygen atoms in total. The van der Waals surface area contributed by atoms with Crippen molar-refractivity contribution < 1.29 is 4.79 Å². The van der Waals surface area contributed by atoms with Gasteiger partial charge in [-0.25, -0.2) is 0 Å². The fourth-order valence-electron chi connectivity index (χ4n) is 0.837. The van der Waals surface area contributed by atoms with Crippen molar-refractivity contribution in [3.8, 4) is 0 Å². The summed E-state index contributed by atoms with van der Waals surface area (Å²) in [7, 11) is 0. The lowest BCUT2D eigenvalue weighted by atomic mass is 10.2. The van der Waals surface area contributed by atoms with E-state index in [0.29, 0.717) is 11.3 Å². The summed E-state index contributed by atoms with van der Waals surface area (Å²) in [6.07, 6.45) is 0.634. The molecular weight excluding hydrogens is 182 g/mol. The number of benzene rings is 1. The molecule has 0 saturated heterocycles. The third-order valence-corrected chi connectivity index (χ3v) is 1.79. The van der Waals surface area contributed by atoms with Gasteiger partial charge in [0.05, 0.1) is 5.70 Å². The molecule has 1 aromatic rings. The minimum atomic E-state index is 0.272. The number of allylic oxidation sites excluding steroid dienone is 1. The molecule has 1 aromatic carbocycles. The van der Waals surface area contributed by atoms with E-state index in [0.717, 1.165) is 5.56 Å². The third kappa shape index (κ3) is 2.80. The summed E-state index contributed by atoms with van der Waals surface area (Å²) in [5.41, 5.74) is 1.15. The molecule has 3 heteroatoms. The first-order valence-electron chi connectivity index (χ1n) is 3.74. The van der Waals surface area contributed by atoms with Crippen LogP contribution in [0, 0.1) is 0 Å². The molecule has 13 heavy (non-hydrogen) atoms. The fraction of sp³-hybridized carbons (Fsp3) is 0. The van der Waals surface area contributed by atoms with Gasteiger partial charge in [-0.15, -0.1) is 0 Å². The first kappa shape index (κ1) is 9.61. The number of aldehydes is 1. The molecule has 0 fully saturated rings. The van der Waals surface area contributed by atoms with Crippen molar-refractivity contribution in [3.05, 3.63) is 48.2 Å². The Morgan fingerprint density at radius 1 is 1.38 bits per heavy atom. The van der Waals surface area contributed by atoms with Crippen LogP contribution in [0.3, 0.4) is 0 Å². The maximum atomic E-state index is 10.2. The van der Waals surface area contributed by atoms with Crippen molar-refractivity contribution in [2.75, 3.05) is 0 Å². The summed E-state index contributed by atoms with van der Waals surface area (Å²) < 4.78 is 0. The monoisotopic (exact) mass is 191 g/mol. The first-order chi connectivity index (χ1) is 6.24. The van der Waals surface area contributed by atoms with E-state index in [2.05, 4.69) is 11.9 Å². The average molecular weight is 191 g/mol. The van der Waals surface area contributed by atoms with E-state index in [9.17, 15) is 4.79 Å². The van der Waals surface area contributed by atoms with Gasteiger partial charge in [0.1, 0.15) is 4.99 Å². The predicted octanol–water partition coefficient (Wildman–Crippen LogP) is 1.66. The van der Waals surface area contributed by atoms with Crippen LogP contribution >= 0.6 is 12.2 Å². The second kappa shape index (κ2) is 4.52. The molecule has 0 spiro atoms. The zero-order valence-electron chi connectivity index (χ0n) is 6.99. The summed E-state index contributed by atoms with van der Waals surface area (Å²) in [5.74, 6) is 0. The Morgan fingerprint density at radius 3 is 2.54 bits per heavy atom. The van der Waals surface area contributed by atoms with Gasteiger partial charge in [0.15, 0.2) is 6.29 Å². The third-order valence-electron chi connectivity index (χ3n) is 1.45. The predicted molar refractivity (Wildman–Crippen MR) is 56.5 cm³/mol. The normalized spacial score (nSPS) is 8.92. The Hall–Kier alpha value is -1.48. The number of nitrogens with one attached hydrogen (secondary N) is 1. The molecule has 0 aromatic heterocycles. The van der Waals surface area contributed by atoms with Gasteiger partial charge in [0.25, 0.3) is 0 Å². The molecule has 1 rings (SSSR count). The number of carbonyl (C=O) groups is 1. The molecule has 0 amide bonds. The van der Waals surface area contributed by atoms with Crippen LogP contribution in [0.4, 0.5) is 0 Å². The Bertz CT molecular complexity index is 332. The Labute approximate surface area is 82.3 Å². The van der Waals surface area contributed by atoms with Crippen LogP contribution in [0.5, 0.6) is 0 Å². The van der Waals surface area contributed by atoms with E-state index in [1.165, 1.54) is 0 Å². The second-order valence-corrected chi connectivity index (χ2v) is 2.87. The van der Waals surface area contributed by atoms with Crippen molar-refractivity contribution in [3.63, 3.8) is 0 Å². The minimum absolute atomic E-state index is 0.272. The number of thiocarbonyl (C=S) groups is 1. The summed E-state index contributed by atoms with van der Waals surface area (Å²) in [6.45, 7) is 3.47. The standard InChI is InChI=1S/C10H9NOS/c1-8(7-12)11-10(13)9-5-3-2-4-6-9/h2-7H,1H2,(H,11,13). The largest absolute Gasteiger partial charge is 0.344 e. The van der Waals surface area contributed by atoms with Crippen LogP contribution in [0.1, 0.15) is 5.56 Å². The summed E-state index contributed by atoms with van der Waals surface area (Å²) in [4.78, 5) is 10.8. The van der Waals surface area contributed by atoms with Crippen molar-refractivity contribution in [1.29, 1.82) is 0 Å². The van der Waals surface area contributed by atoms with Gasteiger partial charge in [-0.05, 0) is 0 Å². The van der Waals surface area contributed by atoms with Gasteiger partial charge in [-0.2, -0.15) is 0 Å². The Kier molecular flexibility index (Phi) is 3.34. The van der Waals surface area contributed by atoms with Crippen LogP contribution in [0.15, 0.2) is 42.6 Å². The van der Waals surface area contributed by atoms with Gasteiger partial charge in [0, 0.05) is 5.56 Å². The molecule has 0 aliphatic rings. The van der Waals surface area contributed by atoms with Crippen molar-refractivity contribution >= 4 is 23.5 Å². The molecular formula is C10H9NOS. The van der Waals surface area contributed by atoms with Crippen LogP contribution < -0.4 is 5.32 Å². The molecule has 0 aliphatic heterocycles. The Morgan fingerprint density at radius 2 is 2.00 bits per heavy atom. The van der Waals surface area contributed by atoms with E-state index >= 15 is 0 Å². The molecule has 0 saturated carbocycles. The number of hydrogen-bond acceptors (Lipinski definition) is 2. The molecule has 66 valence electrons. The fourth-order valence-corrected chi connectivity index (χ4v) is 1.10. The maximum absolute atomic E-state index is 10.2. The van der Waals surface area contributed by atoms with Gasteiger partial charge in [0.2, 0.25) is 0 Å². The van der Waals surface area contributed by atoms with E-state index < -0.39 is 0 Å². The first-order valence-corrected chi connectivity index (χ1v) is 4.15. The molecule has 1 N–H and O–H groups in total. The number of carbonyl (C=O) groups excluding carboxylic acids is 1. The van der Waals surface area contributed by atoms with Crippen LogP contribution in [0.25, 0.3) is 0 Å². The molecule has 0 unspecified atom stereocenters. The van der Waals surface area contributed by atoms with Gasteiger partial charge in [-0.3, -0.25) is 4.79 Å². The van der Waals surface area contributed by atoms with Gasteiger partial charge >= 0.3 is 0 Å². The lowest BCUT2D eigenvalue weighted by Gasteiger charge is -2.05. The van der Waals surface area contributed by atoms with E-state index in [4.69, 9.17) is 12.2 Å². The van der Waals surface area contributed by atoms with E-state index in [1.807, 2.05) is 30.3 Å². The second-order valence-electron chi connectivity index (χ2n) is 2.46. The topological polar surface area (TPSA) is 29.1 Å². The molecule has 0 aliphatic carbocycles. The summed E-state index contributed by atoms with van der Waals surface area (Å²) in [5, 5.41) is 2.71. The molecule has 0 atom stereocenters. The van der Waals surface area contributed by atoms with Gasteiger partial charge in [-0.1, -0.05) is 49.1 Å². The molecule has 0 heterocycles. The SMILES string of the molecule is C=C(C=O)NC(=S)c1ccccc1. The zero-order chi connectivity index (χ0) is 9.68. The highest BCUT2D eigenvalue weighted by atomic mass is 32.1. The number of rotatable bonds is 3. The quantitative estimate of drug-likeness (QED) is 0.447. The smallest absolute Gasteiger partial charge is 0.165 e. The minimum Gasteiger partial charge on any atom is -0.344 e. The van der Waals surface area contributed by atoms with Crippen LogP contribution in [-0.4, -0.2) is 11.3 Å². The highest BCUT2D eigenvalue weighted by molar-refractivity contribution is 7.80. The summed E-state index contributed by atoms with van der Waals surface area (Å²) >= 11 is 5.03. The summed E-state index contributed by atoms with van der Waals surface area (Å²) in [6, 6.07) is 9.40. The van der Waals surface area contributed by atoms with Crippen molar-refractivity contribution in [2.45, 2.75) is 0 Å². The zero-order valence-corrected chi connectivity index (χ0v) is 7.80. The molecule has 0 bridgehead atoms.